The third kappa shape index (κ3) is 1.91. The van der Waals surface area contributed by atoms with Gasteiger partial charge >= 0.3 is 0 Å². The van der Waals surface area contributed by atoms with E-state index in [-0.39, 0.29) is 5.82 Å². The number of nitrogens with two attached hydrogens (primary N) is 1. The first-order valence-electron chi connectivity index (χ1n) is 5.71. The first-order chi connectivity index (χ1) is 9.56. The molecule has 0 radical (unpaired) electrons. The van der Waals surface area contributed by atoms with Crippen LogP contribution in [0.25, 0.3) is 22.5 Å². The average Bonchev–Trinajstić information content (AvgIpc) is 2.97. The molecule has 0 saturated heterocycles. The summed E-state index contributed by atoms with van der Waals surface area (Å²) >= 11 is 0. The number of hydrogen-bond acceptors (Lipinski definition) is 4. The van der Waals surface area contributed by atoms with Crippen LogP contribution in [0.5, 0.6) is 0 Å². The van der Waals surface area contributed by atoms with Crippen LogP contribution in [0.1, 0.15) is 0 Å². The Kier molecular flexibility index (Phi) is 2.70. The Morgan fingerprint density at radius 3 is 2.50 bits per heavy atom. The quantitative estimate of drug-likeness (QED) is 0.746. The van der Waals surface area contributed by atoms with E-state index in [4.69, 9.17) is 5.73 Å². The van der Waals surface area contributed by atoms with Gasteiger partial charge in [-0.15, -0.1) is 0 Å². The molecule has 20 heavy (non-hydrogen) atoms. The molecule has 0 aliphatic heterocycles. The molecule has 1 aromatic carbocycles. The first kappa shape index (κ1) is 12.3. The third-order valence-corrected chi connectivity index (χ3v) is 2.90. The Balaban J connectivity index is 2.27. The van der Waals surface area contributed by atoms with Gasteiger partial charge in [-0.1, -0.05) is 0 Å². The van der Waals surface area contributed by atoms with Gasteiger partial charge in [-0.2, -0.15) is 20.5 Å². The minimum Gasteiger partial charge on any atom is -0.383 e. The fourth-order valence-corrected chi connectivity index (χ4v) is 2.01. The summed E-state index contributed by atoms with van der Waals surface area (Å²) in [6, 6.07) is 3.19. The number of rotatable bonds is 2. The van der Waals surface area contributed by atoms with Crippen LogP contribution in [-0.4, -0.2) is 25.2 Å². The zero-order chi connectivity index (χ0) is 14.3. The fraction of sp³-hybridized carbons (Fsp3) is 0.0833. The van der Waals surface area contributed by atoms with Crippen molar-refractivity contribution < 1.29 is 8.78 Å². The number of nitrogens with one attached hydrogen (secondary N) is 1. The number of nitrogens with zero attached hydrogens (tertiary/aromatic N) is 4. The van der Waals surface area contributed by atoms with Crippen molar-refractivity contribution in [1.29, 1.82) is 0 Å². The maximum atomic E-state index is 13.4. The molecular formula is C12H10F2N6. The van der Waals surface area contributed by atoms with E-state index in [0.717, 1.165) is 6.07 Å². The van der Waals surface area contributed by atoms with E-state index in [2.05, 4.69) is 20.5 Å². The van der Waals surface area contributed by atoms with E-state index < -0.39 is 11.6 Å². The highest BCUT2D eigenvalue weighted by atomic mass is 19.1. The Hall–Kier alpha value is -2.77. The van der Waals surface area contributed by atoms with Gasteiger partial charge in [0.2, 0.25) is 0 Å². The molecule has 0 amide bonds. The number of anilines is 1. The van der Waals surface area contributed by atoms with Crippen molar-refractivity contribution in [3.8, 4) is 22.5 Å². The van der Waals surface area contributed by atoms with Crippen molar-refractivity contribution >= 4 is 5.82 Å². The van der Waals surface area contributed by atoms with Gasteiger partial charge in [0.05, 0.1) is 11.8 Å². The largest absolute Gasteiger partial charge is 0.383 e. The molecule has 6 nitrogen and oxygen atoms in total. The van der Waals surface area contributed by atoms with Crippen LogP contribution in [0, 0.1) is 11.6 Å². The second-order valence-electron chi connectivity index (χ2n) is 4.25. The summed E-state index contributed by atoms with van der Waals surface area (Å²) in [4.78, 5) is 0. The smallest absolute Gasteiger partial charge is 0.133 e. The van der Waals surface area contributed by atoms with Gasteiger partial charge in [0.25, 0.3) is 0 Å². The fourth-order valence-electron chi connectivity index (χ4n) is 2.01. The predicted molar refractivity (Wildman–Crippen MR) is 68.3 cm³/mol. The van der Waals surface area contributed by atoms with Gasteiger partial charge in [-0.05, 0) is 17.7 Å². The van der Waals surface area contributed by atoms with Crippen LogP contribution in [0.15, 0.2) is 24.4 Å². The average molecular weight is 276 g/mol. The topological polar surface area (TPSA) is 85.4 Å². The van der Waals surface area contributed by atoms with E-state index in [0.29, 0.717) is 22.5 Å². The highest BCUT2D eigenvalue weighted by Gasteiger charge is 2.20. The van der Waals surface area contributed by atoms with E-state index in [1.807, 2.05) is 0 Å². The molecule has 0 spiro atoms. The zero-order valence-electron chi connectivity index (χ0n) is 10.4. The number of benzene rings is 1. The highest BCUT2D eigenvalue weighted by Crippen LogP contribution is 2.35. The summed E-state index contributed by atoms with van der Waals surface area (Å²) in [6.45, 7) is 0. The first-order valence-corrected chi connectivity index (χ1v) is 5.71. The minimum atomic E-state index is -0.686. The van der Waals surface area contributed by atoms with Crippen molar-refractivity contribution in [2.75, 3.05) is 5.73 Å². The number of aryl methyl sites for hydroxylation is 1. The summed E-state index contributed by atoms with van der Waals surface area (Å²) in [5.41, 5.74) is 7.50. The molecule has 3 rings (SSSR count). The Morgan fingerprint density at radius 1 is 1.20 bits per heavy atom. The van der Waals surface area contributed by atoms with Gasteiger partial charge < -0.3 is 5.73 Å². The molecular weight excluding hydrogens is 266 g/mol. The molecule has 0 unspecified atom stereocenters. The van der Waals surface area contributed by atoms with Gasteiger partial charge in [-0.3, -0.25) is 4.68 Å². The maximum Gasteiger partial charge on any atom is 0.133 e. The lowest BCUT2D eigenvalue weighted by Gasteiger charge is -2.03. The van der Waals surface area contributed by atoms with Crippen LogP contribution < -0.4 is 5.73 Å². The second-order valence-corrected chi connectivity index (χ2v) is 4.25. The van der Waals surface area contributed by atoms with E-state index >= 15 is 0 Å². The number of halogens is 2. The molecule has 0 atom stereocenters. The zero-order valence-corrected chi connectivity index (χ0v) is 10.4. The molecule has 2 aromatic heterocycles. The molecule has 0 aliphatic carbocycles. The molecule has 0 aliphatic rings. The summed E-state index contributed by atoms with van der Waals surface area (Å²) in [5.74, 6) is -1.09. The molecule has 0 bridgehead atoms. The number of nitrogen functional groups attached to an aromatic ring is 1. The van der Waals surface area contributed by atoms with Gasteiger partial charge in [0, 0.05) is 13.1 Å². The summed E-state index contributed by atoms with van der Waals surface area (Å²) in [7, 11) is 1.64. The summed E-state index contributed by atoms with van der Waals surface area (Å²) < 4.78 is 28.2. The normalized spacial score (nSPS) is 10.9. The summed E-state index contributed by atoms with van der Waals surface area (Å²) in [5, 5.41) is 14.3. The van der Waals surface area contributed by atoms with Crippen LogP contribution in [0.3, 0.4) is 0 Å². The molecule has 8 heteroatoms. The van der Waals surface area contributed by atoms with Crippen LogP contribution >= 0.6 is 0 Å². The molecule has 3 aromatic rings. The monoisotopic (exact) mass is 276 g/mol. The Labute approximate surface area is 112 Å². The highest BCUT2D eigenvalue weighted by molar-refractivity contribution is 5.86. The standard InChI is InChI=1S/C12H10F2N6/c1-20-12(15)10(6-2-7(13)4-8(14)3-6)11(18-20)9-5-16-19-17-9/h2-5H,15H2,1H3,(H,16,17,19). The lowest BCUT2D eigenvalue weighted by atomic mass is 10.0. The second kappa shape index (κ2) is 4.41. The number of aromatic nitrogens is 5. The SMILES string of the molecule is Cn1nc(-c2cn[nH]n2)c(-c2cc(F)cc(F)c2)c1N. The molecule has 102 valence electrons. The molecule has 2 heterocycles. The number of aromatic amines is 1. The summed E-state index contributed by atoms with van der Waals surface area (Å²) in [6.07, 6.45) is 1.46. The van der Waals surface area contributed by atoms with E-state index in [1.54, 1.807) is 7.05 Å². The molecule has 0 saturated carbocycles. The van der Waals surface area contributed by atoms with Crippen molar-refractivity contribution in [3.63, 3.8) is 0 Å². The van der Waals surface area contributed by atoms with Crippen molar-refractivity contribution in [3.05, 3.63) is 36.0 Å². The molecule has 0 fully saturated rings. The Morgan fingerprint density at radius 2 is 1.90 bits per heavy atom. The Bertz CT molecular complexity index is 742. The maximum absolute atomic E-state index is 13.4. The van der Waals surface area contributed by atoms with Gasteiger partial charge in [-0.25, -0.2) is 8.78 Å². The number of H-pyrrole nitrogens is 1. The van der Waals surface area contributed by atoms with Crippen molar-refractivity contribution in [2.24, 2.45) is 7.05 Å². The molecule has 3 N–H and O–H groups in total. The lowest BCUT2D eigenvalue weighted by Crippen LogP contribution is -1.98. The lowest BCUT2D eigenvalue weighted by molar-refractivity contribution is 0.584. The minimum absolute atomic E-state index is 0.285. The van der Waals surface area contributed by atoms with Crippen molar-refractivity contribution in [2.45, 2.75) is 0 Å². The van der Waals surface area contributed by atoms with E-state index in [9.17, 15) is 8.78 Å². The predicted octanol–water partition coefficient (Wildman–Crippen LogP) is 1.73. The number of hydrogen-bond donors (Lipinski definition) is 2. The van der Waals surface area contributed by atoms with Crippen LogP contribution in [-0.2, 0) is 7.05 Å². The van der Waals surface area contributed by atoms with Gasteiger partial charge in [0.1, 0.15) is 28.8 Å². The van der Waals surface area contributed by atoms with Crippen LogP contribution in [0.2, 0.25) is 0 Å². The van der Waals surface area contributed by atoms with E-state index in [1.165, 1.54) is 23.0 Å². The van der Waals surface area contributed by atoms with Crippen molar-refractivity contribution in [1.82, 2.24) is 25.2 Å². The van der Waals surface area contributed by atoms with Gasteiger partial charge in [0.15, 0.2) is 0 Å². The van der Waals surface area contributed by atoms with Crippen LogP contribution in [0.4, 0.5) is 14.6 Å². The third-order valence-electron chi connectivity index (χ3n) is 2.90.